The van der Waals surface area contributed by atoms with Crippen LogP contribution in [0.15, 0.2) is 30.3 Å². The highest BCUT2D eigenvalue weighted by Crippen LogP contribution is 2.20. The normalized spacial score (nSPS) is 20.7. The first kappa shape index (κ1) is 15.7. The van der Waals surface area contributed by atoms with Gasteiger partial charge in [0.25, 0.3) is 0 Å². The minimum Gasteiger partial charge on any atom is -0.353 e. The predicted octanol–water partition coefficient (Wildman–Crippen LogP) is 2.03. The van der Waals surface area contributed by atoms with E-state index in [-0.39, 0.29) is 18.0 Å². The molecule has 0 unspecified atom stereocenters. The third-order valence-electron chi connectivity index (χ3n) is 4.62. The zero-order valence-corrected chi connectivity index (χ0v) is 13.7. The summed E-state index contributed by atoms with van der Waals surface area (Å²) < 4.78 is 1.91. The number of nitrogens with zero attached hydrogens (tertiary/aromatic N) is 2. The van der Waals surface area contributed by atoms with Crippen LogP contribution in [-0.4, -0.2) is 27.8 Å². The van der Waals surface area contributed by atoms with Crippen LogP contribution < -0.4 is 11.1 Å². The van der Waals surface area contributed by atoms with Crippen LogP contribution in [0.4, 0.5) is 0 Å². The van der Waals surface area contributed by atoms with Gasteiger partial charge in [-0.05, 0) is 45.2 Å². The lowest BCUT2D eigenvalue weighted by Gasteiger charge is -2.12. The second-order valence-corrected chi connectivity index (χ2v) is 6.41. The molecule has 0 spiro atoms. The molecule has 1 aromatic carbocycles. The van der Waals surface area contributed by atoms with Crippen LogP contribution >= 0.6 is 0 Å². The highest BCUT2D eigenvalue weighted by molar-refractivity contribution is 5.79. The molecular weight excluding hydrogens is 288 g/mol. The summed E-state index contributed by atoms with van der Waals surface area (Å²) in [7, 11) is 0. The van der Waals surface area contributed by atoms with Gasteiger partial charge in [-0.15, -0.1) is 0 Å². The van der Waals surface area contributed by atoms with E-state index in [9.17, 15) is 4.79 Å². The number of amides is 1. The molecule has 1 saturated carbocycles. The van der Waals surface area contributed by atoms with Crippen molar-refractivity contribution in [2.75, 3.05) is 0 Å². The van der Waals surface area contributed by atoms with Gasteiger partial charge in [-0.3, -0.25) is 4.79 Å². The van der Waals surface area contributed by atoms with E-state index < -0.39 is 0 Å². The Morgan fingerprint density at radius 1 is 1.30 bits per heavy atom. The molecular formula is C18H24N4O. The summed E-state index contributed by atoms with van der Waals surface area (Å²) >= 11 is 0. The summed E-state index contributed by atoms with van der Waals surface area (Å²) in [5, 5.41) is 7.70. The first-order valence-electron chi connectivity index (χ1n) is 8.20. The fourth-order valence-corrected chi connectivity index (χ4v) is 3.34. The minimum absolute atomic E-state index is 0.0583. The Balaban J connectivity index is 1.73. The Labute approximate surface area is 136 Å². The highest BCUT2D eigenvalue weighted by Gasteiger charge is 2.24. The molecule has 122 valence electrons. The molecule has 0 aliphatic heterocycles. The SMILES string of the molecule is Cc1nn(-c2ccccc2)c(C)c1CC(=O)N[C@@H]1CC[C@@H](N)C1. The highest BCUT2D eigenvalue weighted by atomic mass is 16.1. The third kappa shape index (κ3) is 3.45. The smallest absolute Gasteiger partial charge is 0.224 e. The summed E-state index contributed by atoms with van der Waals surface area (Å²) in [5.41, 5.74) is 9.86. The van der Waals surface area contributed by atoms with Crippen molar-refractivity contribution in [3.8, 4) is 5.69 Å². The Morgan fingerprint density at radius 3 is 2.70 bits per heavy atom. The van der Waals surface area contributed by atoms with Crippen LogP contribution in [0.25, 0.3) is 5.69 Å². The van der Waals surface area contributed by atoms with Gasteiger partial charge in [0.15, 0.2) is 0 Å². The number of carbonyl (C=O) groups is 1. The van der Waals surface area contributed by atoms with E-state index in [1.54, 1.807) is 0 Å². The van der Waals surface area contributed by atoms with Crippen molar-refractivity contribution >= 4 is 5.91 Å². The van der Waals surface area contributed by atoms with E-state index in [2.05, 4.69) is 10.4 Å². The topological polar surface area (TPSA) is 72.9 Å². The van der Waals surface area contributed by atoms with E-state index in [4.69, 9.17) is 5.73 Å². The number of benzene rings is 1. The van der Waals surface area contributed by atoms with Gasteiger partial charge in [-0.2, -0.15) is 5.10 Å². The van der Waals surface area contributed by atoms with Crippen LogP contribution in [0.2, 0.25) is 0 Å². The maximum absolute atomic E-state index is 12.3. The molecule has 1 heterocycles. The molecule has 2 aromatic rings. The molecule has 2 atom stereocenters. The number of hydrogen-bond acceptors (Lipinski definition) is 3. The number of nitrogens with two attached hydrogens (primary N) is 1. The van der Waals surface area contributed by atoms with Crippen molar-refractivity contribution in [3.63, 3.8) is 0 Å². The molecule has 3 N–H and O–H groups in total. The van der Waals surface area contributed by atoms with Crippen LogP contribution in [-0.2, 0) is 11.2 Å². The van der Waals surface area contributed by atoms with Crippen molar-refractivity contribution in [3.05, 3.63) is 47.3 Å². The van der Waals surface area contributed by atoms with Gasteiger partial charge in [0.1, 0.15) is 0 Å². The molecule has 1 aliphatic carbocycles. The van der Waals surface area contributed by atoms with Gasteiger partial charge < -0.3 is 11.1 Å². The number of aromatic nitrogens is 2. The molecule has 23 heavy (non-hydrogen) atoms. The number of para-hydroxylation sites is 1. The quantitative estimate of drug-likeness (QED) is 0.907. The van der Waals surface area contributed by atoms with Crippen LogP contribution in [0.1, 0.15) is 36.2 Å². The second-order valence-electron chi connectivity index (χ2n) is 6.41. The standard InChI is InChI=1S/C18H24N4O/c1-12-17(11-18(23)20-15-9-8-14(19)10-15)13(2)22(21-12)16-6-4-3-5-7-16/h3-7,14-15H,8-11,19H2,1-2H3,(H,20,23)/t14-,15-/m1/s1. The van der Waals surface area contributed by atoms with E-state index in [0.29, 0.717) is 6.42 Å². The predicted molar refractivity (Wildman–Crippen MR) is 90.5 cm³/mol. The third-order valence-corrected chi connectivity index (χ3v) is 4.62. The zero-order valence-electron chi connectivity index (χ0n) is 13.7. The molecule has 0 radical (unpaired) electrons. The largest absolute Gasteiger partial charge is 0.353 e. The Kier molecular flexibility index (Phi) is 4.48. The van der Waals surface area contributed by atoms with E-state index in [0.717, 1.165) is 41.9 Å². The first-order valence-corrected chi connectivity index (χ1v) is 8.20. The number of rotatable bonds is 4. The average molecular weight is 312 g/mol. The van der Waals surface area contributed by atoms with Crippen molar-refractivity contribution in [1.82, 2.24) is 15.1 Å². The van der Waals surface area contributed by atoms with Gasteiger partial charge >= 0.3 is 0 Å². The Hall–Kier alpha value is -2.14. The lowest BCUT2D eigenvalue weighted by Crippen LogP contribution is -2.35. The summed E-state index contributed by atoms with van der Waals surface area (Å²) in [6.07, 6.45) is 3.23. The number of hydrogen-bond donors (Lipinski definition) is 2. The van der Waals surface area contributed by atoms with Crippen molar-refractivity contribution < 1.29 is 4.79 Å². The Morgan fingerprint density at radius 2 is 2.04 bits per heavy atom. The molecule has 1 aromatic heterocycles. The van der Waals surface area contributed by atoms with Crippen LogP contribution in [0.3, 0.4) is 0 Å². The molecule has 5 nitrogen and oxygen atoms in total. The van der Waals surface area contributed by atoms with Crippen molar-refractivity contribution in [1.29, 1.82) is 0 Å². The van der Waals surface area contributed by atoms with Gasteiger partial charge in [-0.1, -0.05) is 18.2 Å². The van der Waals surface area contributed by atoms with E-state index in [1.165, 1.54) is 0 Å². The number of carbonyl (C=O) groups excluding carboxylic acids is 1. The second kappa shape index (κ2) is 6.54. The van der Waals surface area contributed by atoms with Crippen LogP contribution in [0, 0.1) is 13.8 Å². The molecule has 1 aliphatic rings. The van der Waals surface area contributed by atoms with E-state index in [1.807, 2.05) is 48.9 Å². The van der Waals surface area contributed by atoms with Gasteiger partial charge in [0.2, 0.25) is 5.91 Å². The summed E-state index contributed by atoms with van der Waals surface area (Å²) in [5.74, 6) is 0.0583. The average Bonchev–Trinajstić information content (AvgIpc) is 3.06. The van der Waals surface area contributed by atoms with Crippen LogP contribution in [0.5, 0.6) is 0 Å². The van der Waals surface area contributed by atoms with Crippen molar-refractivity contribution in [2.45, 2.75) is 51.6 Å². The maximum Gasteiger partial charge on any atom is 0.224 e. The molecule has 5 heteroatoms. The number of nitrogens with one attached hydrogen (secondary N) is 1. The molecule has 0 saturated heterocycles. The molecule has 3 rings (SSSR count). The fraction of sp³-hybridized carbons (Fsp3) is 0.444. The summed E-state index contributed by atoms with van der Waals surface area (Å²) in [6, 6.07) is 10.4. The van der Waals surface area contributed by atoms with Gasteiger partial charge in [0.05, 0.1) is 17.8 Å². The minimum atomic E-state index is 0.0583. The van der Waals surface area contributed by atoms with Gasteiger partial charge in [0, 0.05) is 23.3 Å². The monoisotopic (exact) mass is 312 g/mol. The summed E-state index contributed by atoms with van der Waals surface area (Å²) in [4.78, 5) is 12.3. The lowest BCUT2D eigenvalue weighted by molar-refractivity contribution is -0.121. The lowest BCUT2D eigenvalue weighted by atomic mass is 10.1. The molecule has 0 bridgehead atoms. The fourth-order valence-electron chi connectivity index (χ4n) is 3.34. The van der Waals surface area contributed by atoms with Crippen molar-refractivity contribution in [2.24, 2.45) is 5.73 Å². The molecule has 1 amide bonds. The van der Waals surface area contributed by atoms with Gasteiger partial charge in [-0.25, -0.2) is 4.68 Å². The first-order chi connectivity index (χ1) is 11.0. The summed E-state index contributed by atoms with van der Waals surface area (Å²) in [6.45, 7) is 3.97. The maximum atomic E-state index is 12.3. The Bertz CT molecular complexity index is 693. The zero-order chi connectivity index (χ0) is 16.4. The molecule has 1 fully saturated rings. The van der Waals surface area contributed by atoms with E-state index >= 15 is 0 Å². The number of aryl methyl sites for hydroxylation is 1.